The molecule has 4 nitrogen and oxygen atoms in total. The summed E-state index contributed by atoms with van der Waals surface area (Å²) in [5.41, 5.74) is 1.12. The van der Waals surface area contributed by atoms with Crippen LogP contribution in [0.1, 0.15) is 65.3 Å². The Morgan fingerprint density at radius 1 is 1.00 bits per heavy atom. The molecule has 1 aromatic rings. The van der Waals surface area contributed by atoms with Gasteiger partial charge in [-0.15, -0.1) is 0 Å². The lowest BCUT2D eigenvalue weighted by molar-refractivity contribution is 0.527. The third kappa shape index (κ3) is 5.90. The Bertz CT molecular complexity index is 429. The molecule has 120 valence electrons. The van der Waals surface area contributed by atoms with Crippen molar-refractivity contribution in [3.63, 3.8) is 0 Å². The van der Waals surface area contributed by atoms with E-state index in [0.717, 1.165) is 48.3 Å². The van der Waals surface area contributed by atoms with Crippen LogP contribution < -0.4 is 10.6 Å². The van der Waals surface area contributed by atoms with Gasteiger partial charge in [0.15, 0.2) is 0 Å². The number of hydrogen-bond donors (Lipinski definition) is 2. The fourth-order valence-electron chi connectivity index (χ4n) is 2.27. The summed E-state index contributed by atoms with van der Waals surface area (Å²) in [4.78, 5) is 9.34. The molecule has 21 heavy (non-hydrogen) atoms. The first kappa shape index (κ1) is 17.7. The topological polar surface area (TPSA) is 49.8 Å². The van der Waals surface area contributed by atoms with E-state index in [1.54, 1.807) is 0 Å². The first-order valence-electron chi connectivity index (χ1n) is 8.35. The number of rotatable bonds is 9. The molecule has 0 bridgehead atoms. The molecule has 0 amide bonds. The molecule has 1 heterocycles. The normalized spacial score (nSPS) is 12.5. The van der Waals surface area contributed by atoms with Crippen LogP contribution >= 0.6 is 0 Å². The second-order valence-electron chi connectivity index (χ2n) is 6.26. The van der Waals surface area contributed by atoms with Crippen LogP contribution in [0, 0.1) is 12.8 Å². The molecule has 1 aromatic heterocycles. The van der Waals surface area contributed by atoms with E-state index in [0.29, 0.717) is 6.04 Å². The van der Waals surface area contributed by atoms with Gasteiger partial charge in [0.05, 0.1) is 0 Å². The summed E-state index contributed by atoms with van der Waals surface area (Å²) in [5.74, 6) is 3.63. The van der Waals surface area contributed by atoms with Gasteiger partial charge in [0.25, 0.3) is 0 Å². The highest BCUT2D eigenvalue weighted by Gasteiger charge is 2.12. The second-order valence-corrected chi connectivity index (χ2v) is 6.26. The molecule has 0 aliphatic carbocycles. The molecule has 0 aliphatic heterocycles. The zero-order valence-electron chi connectivity index (χ0n) is 14.6. The quantitative estimate of drug-likeness (QED) is 0.708. The Balaban J connectivity index is 2.87. The highest BCUT2D eigenvalue weighted by atomic mass is 15.1. The lowest BCUT2D eigenvalue weighted by Gasteiger charge is -2.19. The van der Waals surface area contributed by atoms with Gasteiger partial charge >= 0.3 is 0 Å². The Kier molecular flexibility index (Phi) is 7.48. The minimum atomic E-state index is 0.435. The highest BCUT2D eigenvalue weighted by Crippen LogP contribution is 2.22. The van der Waals surface area contributed by atoms with Crippen LogP contribution in [-0.2, 0) is 6.42 Å². The van der Waals surface area contributed by atoms with E-state index in [1.807, 2.05) is 0 Å². The number of nitrogens with zero attached hydrogens (tertiary/aromatic N) is 2. The van der Waals surface area contributed by atoms with E-state index in [-0.39, 0.29) is 0 Å². The van der Waals surface area contributed by atoms with Crippen molar-refractivity contribution in [3.05, 3.63) is 11.4 Å². The van der Waals surface area contributed by atoms with Crippen molar-refractivity contribution < 1.29 is 0 Å². The number of hydrogen-bond acceptors (Lipinski definition) is 4. The number of nitrogens with one attached hydrogen (secondary N) is 2. The van der Waals surface area contributed by atoms with Gasteiger partial charge in [-0.2, -0.15) is 0 Å². The summed E-state index contributed by atoms with van der Waals surface area (Å²) in [5, 5.41) is 6.92. The molecule has 0 fully saturated rings. The SMILES string of the molecule is CCCc1nc(NCC)c(C)c(NC(C)CCC(C)C)n1. The number of aryl methyl sites for hydroxylation is 1. The van der Waals surface area contributed by atoms with Crippen LogP contribution in [0.3, 0.4) is 0 Å². The van der Waals surface area contributed by atoms with Gasteiger partial charge in [0.2, 0.25) is 0 Å². The van der Waals surface area contributed by atoms with Crippen LogP contribution in [0.5, 0.6) is 0 Å². The number of anilines is 2. The molecule has 4 heteroatoms. The van der Waals surface area contributed by atoms with Gasteiger partial charge in [-0.25, -0.2) is 9.97 Å². The summed E-state index contributed by atoms with van der Waals surface area (Å²) < 4.78 is 0. The fourth-order valence-corrected chi connectivity index (χ4v) is 2.27. The summed E-state index contributed by atoms with van der Waals surface area (Å²) in [6.45, 7) is 14.0. The zero-order chi connectivity index (χ0) is 15.8. The molecule has 1 unspecified atom stereocenters. The molecule has 0 aliphatic rings. The Labute approximate surface area is 130 Å². The van der Waals surface area contributed by atoms with Crippen molar-refractivity contribution >= 4 is 11.6 Å². The van der Waals surface area contributed by atoms with Gasteiger partial charge in [-0.05, 0) is 46.0 Å². The van der Waals surface area contributed by atoms with Gasteiger partial charge in [-0.1, -0.05) is 20.8 Å². The van der Waals surface area contributed by atoms with Crippen LogP contribution in [0.2, 0.25) is 0 Å². The molecule has 0 saturated carbocycles. The molecular formula is C17H32N4. The maximum absolute atomic E-state index is 4.71. The van der Waals surface area contributed by atoms with E-state index in [1.165, 1.54) is 12.8 Å². The smallest absolute Gasteiger partial charge is 0.134 e. The predicted octanol–water partition coefficient (Wildman–Crippen LogP) is 4.41. The summed E-state index contributed by atoms with van der Waals surface area (Å²) in [7, 11) is 0. The predicted molar refractivity (Wildman–Crippen MR) is 92.1 cm³/mol. The van der Waals surface area contributed by atoms with Crippen molar-refractivity contribution in [2.45, 2.75) is 73.3 Å². The monoisotopic (exact) mass is 292 g/mol. The van der Waals surface area contributed by atoms with Crippen molar-refractivity contribution in [2.24, 2.45) is 5.92 Å². The van der Waals surface area contributed by atoms with Crippen LogP contribution in [0.4, 0.5) is 11.6 Å². The lowest BCUT2D eigenvalue weighted by atomic mass is 10.0. The molecule has 2 N–H and O–H groups in total. The zero-order valence-corrected chi connectivity index (χ0v) is 14.6. The first-order valence-corrected chi connectivity index (χ1v) is 8.35. The van der Waals surface area contributed by atoms with E-state index < -0.39 is 0 Å². The summed E-state index contributed by atoms with van der Waals surface area (Å²) in [6.07, 6.45) is 4.39. The maximum Gasteiger partial charge on any atom is 0.134 e. The van der Waals surface area contributed by atoms with E-state index in [4.69, 9.17) is 4.98 Å². The average molecular weight is 292 g/mol. The maximum atomic E-state index is 4.71. The third-order valence-corrected chi connectivity index (χ3v) is 3.57. The molecule has 0 aromatic carbocycles. The van der Waals surface area contributed by atoms with Crippen molar-refractivity contribution in [1.29, 1.82) is 0 Å². The lowest BCUT2D eigenvalue weighted by Crippen LogP contribution is -2.19. The Morgan fingerprint density at radius 2 is 1.67 bits per heavy atom. The first-order chi connectivity index (χ1) is 9.97. The minimum absolute atomic E-state index is 0.435. The van der Waals surface area contributed by atoms with Gasteiger partial charge < -0.3 is 10.6 Å². The fraction of sp³-hybridized carbons (Fsp3) is 0.765. The Hall–Kier alpha value is -1.32. The minimum Gasteiger partial charge on any atom is -0.370 e. The second kappa shape index (κ2) is 8.85. The molecule has 1 atom stereocenters. The Morgan fingerprint density at radius 3 is 2.24 bits per heavy atom. The third-order valence-electron chi connectivity index (χ3n) is 3.57. The van der Waals surface area contributed by atoms with E-state index >= 15 is 0 Å². The van der Waals surface area contributed by atoms with Crippen LogP contribution in [-0.4, -0.2) is 22.6 Å². The van der Waals surface area contributed by atoms with Crippen LogP contribution in [0.25, 0.3) is 0 Å². The van der Waals surface area contributed by atoms with Gasteiger partial charge in [0, 0.05) is 24.6 Å². The molecule has 1 rings (SSSR count). The molecular weight excluding hydrogens is 260 g/mol. The van der Waals surface area contributed by atoms with Gasteiger partial charge in [-0.3, -0.25) is 0 Å². The molecule has 0 spiro atoms. The molecule has 0 radical (unpaired) electrons. The van der Waals surface area contributed by atoms with Crippen LogP contribution in [0.15, 0.2) is 0 Å². The van der Waals surface area contributed by atoms with Crippen molar-refractivity contribution in [2.75, 3.05) is 17.2 Å². The number of aromatic nitrogens is 2. The highest BCUT2D eigenvalue weighted by molar-refractivity contribution is 5.57. The van der Waals surface area contributed by atoms with Gasteiger partial charge in [0.1, 0.15) is 17.5 Å². The van der Waals surface area contributed by atoms with E-state index in [2.05, 4.69) is 57.2 Å². The molecule has 0 saturated heterocycles. The van der Waals surface area contributed by atoms with E-state index in [9.17, 15) is 0 Å². The van der Waals surface area contributed by atoms with Crippen molar-refractivity contribution in [1.82, 2.24) is 9.97 Å². The summed E-state index contributed by atoms with van der Waals surface area (Å²) >= 11 is 0. The average Bonchev–Trinajstić information content (AvgIpc) is 2.42. The van der Waals surface area contributed by atoms with Crippen molar-refractivity contribution in [3.8, 4) is 0 Å². The standard InChI is InChI=1S/C17H32N4/c1-7-9-15-20-16(18-8-2)14(6)17(21-15)19-13(5)11-10-12(3)4/h12-13H,7-11H2,1-6H3,(H2,18,19,20,21). The summed E-state index contributed by atoms with van der Waals surface area (Å²) in [6, 6.07) is 0.435. The largest absolute Gasteiger partial charge is 0.370 e.